The number of rotatable bonds is 5. The van der Waals surface area contributed by atoms with Crippen molar-refractivity contribution in [2.75, 3.05) is 0 Å². The Morgan fingerprint density at radius 1 is 0.968 bits per heavy atom. The van der Waals surface area contributed by atoms with Gasteiger partial charge in [0.05, 0.1) is 18.1 Å². The van der Waals surface area contributed by atoms with Gasteiger partial charge in [-0.2, -0.15) is 0 Å². The average molecular weight is 435 g/mol. The molecule has 4 aliphatic rings. The molecule has 0 bridgehead atoms. The fourth-order valence-corrected chi connectivity index (χ4v) is 9.76. The van der Waals surface area contributed by atoms with Crippen LogP contribution in [0.1, 0.15) is 92.4 Å². The molecule has 0 aromatic carbocycles. The summed E-state index contributed by atoms with van der Waals surface area (Å²) in [6.45, 7) is 11.3. The van der Waals surface area contributed by atoms with Crippen molar-refractivity contribution in [3.63, 3.8) is 0 Å². The lowest BCUT2D eigenvalue weighted by Gasteiger charge is -2.64. The first-order chi connectivity index (χ1) is 14.5. The first-order valence-electron chi connectivity index (χ1n) is 13.1. The Kier molecular flexibility index (Phi) is 6.31. The summed E-state index contributed by atoms with van der Waals surface area (Å²) >= 11 is 0. The lowest BCUT2D eigenvalue weighted by molar-refractivity contribution is -0.203. The van der Waals surface area contributed by atoms with E-state index in [1.54, 1.807) is 0 Å². The van der Waals surface area contributed by atoms with Crippen LogP contribution < -0.4 is 0 Å². The van der Waals surface area contributed by atoms with Crippen molar-refractivity contribution in [2.24, 2.45) is 58.2 Å². The predicted molar refractivity (Wildman–Crippen MR) is 122 cm³/mol. The Morgan fingerprint density at radius 2 is 1.61 bits per heavy atom. The molecular weight excluding hydrogens is 388 g/mol. The lowest BCUT2D eigenvalue weighted by atomic mass is 9.41. The lowest BCUT2D eigenvalue weighted by Crippen LogP contribution is -2.62. The quantitative estimate of drug-likeness (QED) is 0.544. The zero-order valence-corrected chi connectivity index (χ0v) is 20.4. The topological polar surface area (TPSA) is 77.8 Å². The molecule has 0 aliphatic heterocycles. The monoisotopic (exact) mass is 434 g/mol. The molecule has 4 saturated carbocycles. The Morgan fingerprint density at radius 3 is 2.26 bits per heavy atom. The molecule has 31 heavy (non-hydrogen) atoms. The zero-order chi connectivity index (χ0) is 22.7. The number of aliphatic hydroxyl groups excluding tert-OH is 2. The van der Waals surface area contributed by atoms with E-state index in [4.69, 9.17) is 0 Å². The predicted octanol–water partition coefficient (Wildman–Crippen LogP) is 5.36. The van der Waals surface area contributed by atoms with Gasteiger partial charge in [0.1, 0.15) is 0 Å². The van der Waals surface area contributed by atoms with E-state index in [0.717, 1.165) is 32.1 Å². The Balaban J connectivity index is 1.61. The van der Waals surface area contributed by atoms with Gasteiger partial charge in [0.25, 0.3) is 0 Å². The van der Waals surface area contributed by atoms with E-state index in [-0.39, 0.29) is 29.0 Å². The normalized spacial score (nSPS) is 51.3. The van der Waals surface area contributed by atoms with Gasteiger partial charge in [0.2, 0.25) is 0 Å². The minimum Gasteiger partial charge on any atom is -0.481 e. The summed E-state index contributed by atoms with van der Waals surface area (Å²) in [4.78, 5) is 11.5. The standard InChI is InChI=1S/C27H46O4/c1-6-18-22-14-17(28)9-11-27(22,5)21-10-12-26(4)19(15(2)13-16(3)25(30)31)7-8-20(26)23(21)24(18)29/h15-24,28-29H,6-14H2,1-5H3,(H,30,31)/t15-,16-,17+,18+,19+,20?,21?,22-,23?,24+,26+,27+/m0/s1. The second-order valence-corrected chi connectivity index (χ2v) is 12.6. The number of hydrogen-bond donors (Lipinski definition) is 3. The van der Waals surface area contributed by atoms with Crippen molar-refractivity contribution in [1.82, 2.24) is 0 Å². The third-order valence-corrected chi connectivity index (χ3v) is 11.3. The molecule has 0 amide bonds. The molecule has 0 aromatic rings. The van der Waals surface area contributed by atoms with Gasteiger partial charge >= 0.3 is 5.97 Å². The van der Waals surface area contributed by atoms with Gasteiger partial charge in [-0.1, -0.05) is 41.0 Å². The number of carboxylic acids is 1. The van der Waals surface area contributed by atoms with Crippen LogP contribution in [-0.4, -0.2) is 33.5 Å². The van der Waals surface area contributed by atoms with Crippen LogP contribution in [0.4, 0.5) is 0 Å². The van der Waals surface area contributed by atoms with Crippen LogP contribution in [0.5, 0.6) is 0 Å². The number of aliphatic hydroxyl groups is 2. The van der Waals surface area contributed by atoms with Gasteiger partial charge < -0.3 is 15.3 Å². The fraction of sp³-hybridized carbons (Fsp3) is 0.963. The van der Waals surface area contributed by atoms with Crippen LogP contribution in [0.25, 0.3) is 0 Å². The SMILES string of the molecule is CC[C@H]1[C@@H](O)C2C3CC[C@H]([C@@H](C)C[C@H](C)C(=O)O)[C@@]3(C)CCC2[C@@]2(C)CC[C@@H](O)C[C@@H]12. The summed E-state index contributed by atoms with van der Waals surface area (Å²) in [5.74, 6) is 2.23. The second-order valence-electron chi connectivity index (χ2n) is 12.6. The van der Waals surface area contributed by atoms with Crippen LogP contribution in [0, 0.1) is 58.2 Å². The maximum absolute atomic E-state index is 11.7. The number of carboxylic acid groups (broad SMARTS) is 1. The summed E-state index contributed by atoms with van der Waals surface area (Å²) in [6.07, 6.45) is 8.95. The molecule has 4 rings (SSSR count). The second kappa shape index (κ2) is 8.31. The largest absolute Gasteiger partial charge is 0.481 e. The molecule has 12 atom stereocenters. The Hall–Kier alpha value is -0.610. The molecule has 0 saturated heterocycles. The first-order valence-corrected chi connectivity index (χ1v) is 13.1. The van der Waals surface area contributed by atoms with Gasteiger partial charge in [-0.25, -0.2) is 0 Å². The highest BCUT2D eigenvalue weighted by Crippen LogP contribution is 2.69. The summed E-state index contributed by atoms with van der Waals surface area (Å²) in [7, 11) is 0. The van der Waals surface area contributed by atoms with Gasteiger partial charge in [-0.3, -0.25) is 4.79 Å². The smallest absolute Gasteiger partial charge is 0.306 e. The van der Waals surface area contributed by atoms with Crippen LogP contribution in [-0.2, 0) is 4.79 Å². The summed E-state index contributed by atoms with van der Waals surface area (Å²) in [5, 5.41) is 31.6. The van der Waals surface area contributed by atoms with E-state index < -0.39 is 5.97 Å². The van der Waals surface area contributed by atoms with Crippen molar-refractivity contribution in [3.05, 3.63) is 0 Å². The molecule has 4 fully saturated rings. The molecule has 4 heteroatoms. The van der Waals surface area contributed by atoms with E-state index in [9.17, 15) is 20.1 Å². The Labute approximate surface area is 189 Å². The molecule has 178 valence electrons. The van der Waals surface area contributed by atoms with Crippen LogP contribution in [0.15, 0.2) is 0 Å². The summed E-state index contributed by atoms with van der Waals surface area (Å²) < 4.78 is 0. The van der Waals surface area contributed by atoms with Gasteiger partial charge in [-0.05, 0) is 104 Å². The van der Waals surface area contributed by atoms with Crippen molar-refractivity contribution < 1.29 is 20.1 Å². The molecule has 0 heterocycles. The molecule has 4 aliphatic carbocycles. The molecular formula is C27H46O4. The minimum atomic E-state index is -0.679. The van der Waals surface area contributed by atoms with E-state index >= 15 is 0 Å². The van der Waals surface area contributed by atoms with Crippen molar-refractivity contribution in [1.29, 1.82) is 0 Å². The maximum Gasteiger partial charge on any atom is 0.306 e. The number of fused-ring (bicyclic) bond motifs is 5. The van der Waals surface area contributed by atoms with E-state index in [2.05, 4.69) is 27.7 Å². The zero-order valence-electron chi connectivity index (χ0n) is 20.4. The summed E-state index contributed by atoms with van der Waals surface area (Å²) in [5.41, 5.74) is 0.460. The number of carbonyl (C=O) groups is 1. The third kappa shape index (κ3) is 3.59. The van der Waals surface area contributed by atoms with Crippen molar-refractivity contribution >= 4 is 5.97 Å². The van der Waals surface area contributed by atoms with Crippen LogP contribution in [0.2, 0.25) is 0 Å². The van der Waals surface area contributed by atoms with E-state index in [0.29, 0.717) is 41.4 Å². The van der Waals surface area contributed by atoms with Gasteiger partial charge in [0.15, 0.2) is 0 Å². The first kappa shape index (κ1) is 23.5. The minimum absolute atomic E-state index is 0.197. The fourth-order valence-electron chi connectivity index (χ4n) is 9.76. The molecule has 0 aromatic heterocycles. The van der Waals surface area contributed by atoms with Crippen molar-refractivity contribution in [2.45, 2.75) is 105 Å². The Bertz CT molecular complexity index is 678. The van der Waals surface area contributed by atoms with Crippen LogP contribution >= 0.6 is 0 Å². The average Bonchev–Trinajstić information content (AvgIpc) is 3.06. The maximum atomic E-state index is 11.7. The van der Waals surface area contributed by atoms with Crippen LogP contribution in [0.3, 0.4) is 0 Å². The highest BCUT2D eigenvalue weighted by molar-refractivity contribution is 5.69. The molecule has 3 N–H and O–H groups in total. The molecule has 0 radical (unpaired) electrons. The van der Waals surface area contributed by atoms with E-state index in [1.165, 1.54) is 25.7 Å². The number of aliphatic carboxylic acids is 1. The molecule has 3 unspecified atom stereocenters. The van der Waals surface area contributed by atoms with E-state index in [1.807, 2.05) is 6.92 Å². The molecule has 0 spiro atoms. The summed E-state index contributed by atoms with van der Waals surface area (Å²) in [6, 6.07) is 0. The highest BCUT2D eigenvalue weighted by Gasteiger charge is 2.64. The van der Waals surface area contributed by atoms with Gasteiger partial charge in [-0.15, -0.1) is 0 Å². The number of hydrogen-bond acceptors (Lipinski definition) is 3. The van der Waals surface area contributed by atoms with Gasteiger partial charge in [0, 0.05) is 0 Å². The third-order valence-electron chi connectivity index (χ3n) is 11.3. The molecule has 4 nitrogen and oxygen atoms in total. The highest BCUT2D eigenvalue weighted by atomic mass is 16.4. The van der Waals surface area contributed by atoms with Crippen molar-refractivity contribution in [3.8, 4) is 0 Å².